The summed E-state index contributed by atoms with van der Waals surface area (Å²) < 4.78 is 1.75. The van der Waals surface area contributed by atoms with Crippen molar-refractivity contribution in [3.8, 4) is 5.69 Å². The van der Waals surface area contributed by atoms with E-state index in [-0.39, 0.29) is 18.4 Å². The van der Waals surface area contributed by atoms with Crippen molar-refractivity contribution in [3.05, 3.63) is 84.2 Å². The molecule has 0 aliphatic carbocycles. The van der Waals surface area contributed by atoms with Gasteiger partial charge in [0.05, 0.1) is 17.7 Å². The Hall–Kier alpha value is -2.92. The summed E-state index contributed by atoms with van der Waals surface area (Å²) in [5, 5.41) is 17.4. The Morgan fingerprint density at radius 1 is 1.08 bits per heavy atom. The lowest BCUT2D eigenvalue weighted by Crippen LogP contribution is -2.32. The Bertz CT molecular complexity index is 814. The maximum atomic E-state index is 12.5. The highest BCUT2D eigenvalue weighted by molar-refractivity contribution is 5.83. The molecule has 1 amide bonds. The van der Waals surface area contributed by atoms with Gasteiger partial charge in [-0.25, -0.2) is 4.68 Å². The molecule has 0 saturated carbocycles. The maximum absolute atomic E-state index is 12.5. The van der Waals surface area contributed by atoms with Crippen molar-refractivity contribution in [2.75, 3.05) is 6.54 Å². The molecule has 0 spiro atoms. The van der Waals surface area contributed by atoms with Crippen molar-refractivity contribution in [3.63, 3.8) is 0 Å². The van der Waals surface area contributed by atoms with Crippen LogP contribution in [0.4, 0.5) is 0 Å². The first-order valence-corrected chi connectivity index (χ1v) is 8.79. The van der Waals surface area contributed by atoms with Gasteiger partial charge in [0.25, 0.3) is 0 Å². The summed E-state index contributed by atoms with van der Waals surface area (Å²) in [5.74, 6) is -0.267. The number of aliphatic hydroxyl groups excluding tert-OH is 1. The normalized spacial score (nSPS) is 13.2. The molecule has 0 bridgehead atoms. The molecule has 3 rings (SSSR count). The number of hydrogen-bond acceptors (Lipinski definition) is 3. The fourth-order valence-electron chi connectivity index (χ4n) is 2.97. The third-order valence-corrected chi connectivity index (χ3v) is 4.44. The summed E-state index contributed by atoms with van der Waals surface area (Å²) in [7, 11) is 0. The molecule has 0 saturated heterocycles. The Labute approximate surface area is 153 Å². The third-order valence-electron chi connectivity index (χ3n) is 4.44. The Morgan fingerprint density at radius 3 is 2.42 bits per heavy atom. The predicted octanol–water partition coefficient (Wildman–Crippen LogP) is 3.22. The molecule has 2 N–H and O–H groups in total. The van der Waals surface area contributed by atoms with Crippen molar-refractivity contribution < 1.29 is 9.90 Å². The molecule has 1 heterocycles. The number of hydrogen-bond donors (Lipinski definition) is 2. The summed E-state index contributed by atoms with van der Waals surface area (Å²) >= 11 is 0. The second-order valence-corrected chi connectivity index (χ2v) is 6.17. The van der Waals surface area contributed by atoms with E-state index in [9.17, 15) is 9.90 Å². The molecular weight excluding hydrogens is 326 g/mol. The van der Waals surface area contributed by atoms with Gasteiger partial charge in [-0.1, -0.05) is 49.4 Å². The Morgan fingerprint density at radius 2 is 1.81 bits per heavy atom. The number of rotatable bonds is 7. The predicted molar refractivity (Wildman–Crippen MR) is 101 cm³/mol. The smallest absolute Gasteiger partial charge is 0.227 e. The molecule has 2 atom stereocenters. The molecule has 5 nitrogen and oxygen atoms in total. The van der Waals surface area contributed by atoms with Crippen LogP contribution in [0.1, 0.15) is 36.5 Å². The number of nitrogens with one attached hydrogen (secondary N) is 1. The van der Waals surface area contributed by atoms with Gasteiger partial charge in [-0.3, -0.25) is 4.79 Å². The van der Waals surface area contributed by atoms with Gasteiger partial charge in [-0.05, 0) is 35.7 Å². The van der Waals surface area contributed by atoms with Gasteiger partial charge < -0.3 is 10.4 Å². The van der Waals surface area contributed by atoms with Crippen LogP contribution in [0.25, 0.3) is 5.69 Å². The standard InChI is InChI=1S/C21H23N3O2/c1-2-19(16-7-4-3-5-8-16)21(26)22-15-20(25)17-9-11-18(12-10-17)24-14-6-13-23-24/h3-14,19-20,25H,2,15H2,1H3,(H,22,26). The van der Waals surface area contributed by atoms with E-state index < -0.39 is 6.10 Å². The van der Waals surface area contributed by atoms with E-state index in [0.717, 1.165) is 16.8 Å². The first-order valence-electron chi connectivity index (χ1n) is 8.79. The first kappa shape index (κ1) is 17.9. The van der Waals surface area contributed by atoms with Gasteiger partial charge in [0.15, 0.2) is 0 Å². The average molecular weight is 349 g/mol. The molecule has 2 aromatic carbocycles. The highest BCUT2D eigenvalue weighted by Gasteiger charge is 2.19. The number of benzene rings is 2. The van der Waals surface area contributed by atoms with Crippen LogP contribution in [0.5, 0.6) is 0 Å². The zero-order chi connectivity index (χ0) is 18.4. The number of aromatic nitrogens is 2. The van der Waals surface area contributed by atoms with Crippen LogP contribution < -0.4 is 5.32 Å². The molecule has 1 aromatic heterocycles. The molecule has 0 radical (unpaired) electrons. The van der Waals surface area contributed by atoms with E-state index in [0.29, 0.717) is 6.42 Å². The molecule has 0 aliphatic heterocycles. The van der Waals surface area contributed by atoms with E-state index >= 15 is 0 Å². The van der Waals surface area contributed by atoms with E-state index in [4.69, 9.17) is 0 Å². The SMILES string of the molecule is CCC(C(=O)NCC(O)c1ccc(-n2cccn2)cc1)c1ccccc1. The van der Waals surface area contributed by atoms with Crippen molar-refractivity contribution in [2.45, 2.75) is 25.4 Å². The molecule has 5 heteroatoms. The minimum Gasteiger partial charge on any atom is -0.387 e. The highest BCUT2D eigenvalue weighted by atomic mass is 16.3. The van der Waals surface area contributed by atoms with Gasteiger partial charge in [0.1, 0.15) is 0 Å². The zero-order valence-corrected chi connectivity index (χ0v) is 14.7. The van der Waals surface area contributed by atoms with Crippen LogP contribution in [0.2, 0.25) is 0 Å². The monoisotopic (exact) mass is 349 g/mol. The van der Waals surface area contributed by atoms with Crippen molar-refractivity contribution in [1.29, 1.82) is 0 Å². The van der Waals surface area contributed by atoms with Gasteiger partial charge >= 0.3 is 0 Å². The fourth-order valence-corrected chi connectivity index (χ4v) is 2.97. The zero-order valence-electron chi connectivity index (χ0n) is 14.7. The fraction of sp³-hybridized carbons (Fsp3) is 0.238. The second kappa shape index (κ2) is 8.45. The number of amides is 1. The minimum absolute atomic E-state index is 0.0640. The lowest BCUT2D eigenvalue weighted by molar-refractivity contribution is -0.123. The number of carbonyl (C=O) groups is 1. The minimum atomic E-state index is -0.751. The summed E-state index contributed by atoms with van der Waals surface area (Å²) in [6, 6.07) is 19.1. The van der Waals surface area contributed by atoms with Crippen molar-refractivity contribution in [2.24, 2.45) is 0 Å². The van der Waals surface area contributed by atoms with Gasteiger partial charge in [0, 0.05) is 18.9 Å². The molecule has 3 aromatic rings. The van der Waals surface area contributed by atoms with Gasteiger partial charge in [0.2, 0.25) is 5.91 Å². The van der Waals surface area contributed by atoms with Crippen LogP contribution in [0.15, 0.2) is 73.1 Å². The average Bonchev–Trinajstić information content (AvgIpc) is 3.22. The third kappa shape index (κ3) is 4.18. The topological polar surface area (TPSA) is 67.2 Å². The maximum Gasteiger partial charge on any atom is 0.227 e. The van der Waals surface area contributed by atoms with E-state index in [1.807, 2.05) is 73.8 Å². The lowest BCUT2D eigenvalue weighted by atomic mass is 9.95. The molecule has 0 fully saturated rings. The van der Waals surface area contributed by atoms with E-state index in [2.05, 4.69) is 10.4 Å². The van der Waals surface area contributed by atoms with Gasteiger partial charge in [-0.2, -0.15) is 5.10 Å². The number of nitrogens with zero attached hydrogens (tertiary/aromatic N) is 2. The summed E-state index contributed by atoms with van der Waals surface area (Å²) in [4.78, 5) is 12.5. The molecule has 2 unspecified atom stereocenters. The Kier molecular flexibility index (Phi) is 5.81. The largest absolute Gasteiger partial charge is 0.387 e. The van der Waals surface area contributed by atoms with Crippen molar-refractivity contribution in [1.82, 2.24) is 15.1 Å². The molecular formula is C21H23N3O2. The van der Waals surface area contributed by atoms with Crippen LogP contribution in [0.3, 0.4) is 0 Å². The number of aliphatic hydroxyl groups is 1. The van der Waals surface area contributed by atoms with Crippen LogP contribution in [0, 0.1) is 0 Å². The molecule has 134 valence electrons. The Balaban J connectivity index is 1.59. The van der Waals surface area contributed by atoms with E-state index in [1.54, 1.807) is 10.9 Å². The summed E-state index contributed by atoms with van der Waals surface area (Å²) in [6.07, 6.45) is 3.54. The molecule has 0 aliphatic rings. The van der Waals surface area contributed by atoms with Gasteiger partial charge in [-0.15, -0.1) is 0 Å². The van der Waals surface area contributed by atoms with Crippen LogP contribution >= 0.6 is 0 Å². The van der Waals surface area contributed by atoms with Crippen molar-refractivity contribution >= 4 is 5.91 Å². The lowest BCUT2D eigenvalue weighted by Gasteiger charge is -2.18. The highest BCUT2D eigenvalue weighted by Crippen LogP contribution is 2.20. The summed E-state index contributed by atoms with van der Waals surface area (Å²) in [6.45, 7) is 2.17. The number of carbonyl (C=O) groups excluding carboxylic acids is 1. The quantitative estimate of drug-likeness (QED) is 0.688. The van der Waals surface area contributed by atoms with Crippen LogP contribution in [-0.2, 0) is 4.79 Å². The summed E-state index contributed by atoms with van der Waals surface area (Å²) in [5.41, 5.74) is 2.67. The second-order valence-electron chi connectivity index (χ2n) is 6.17. The molecule has 26 heavy (non-hydrogen) atoms. The van der Waals surface area contributed by atoms with E-state index in [1.165, 1.54) is 0 Å². The first-order chi connectivity index (χ1) is 12.7. The van der Waals surface area contributed by atoms with Crippen LogP contribution in [-0.4, -0.2) is 27.3 Å².